The van der Waals surface area contributed by atoms with E-state index in [2.05, 4.69) is 5.43 Å². The number of sulfonamides is 1. The number of hydrogen-bond donors (Lipinski definition) is 2. The zero-order chi connectivity index (χ0) is 10.9. The number of para-hydroxylation sites is 1. The Morgan fingerprint density at radius 3 is 2.56 bits per heavy atom. The van der Waals surface area contributed by atoms with Gasteiger partial charge in [-0.15, -0.1) is 12.4 Å². The van der Waals surface area contributed by atoms with Crippen LogP contribution in [0.3, 0.4) is 0 Å². The Bertz CT molecular complexity index is 496. The standard InChI is InChI=1S/C8H9N3O2S2.ClH/c9-15(12,13)8-4-2-1-3-7(8)11-10-5-6-14-11;/h1-6,10H,(H2,9,12,13);1H. The fourth-order valence-electron chi connectivity index (χ4n) is 1.21. The lowest BCUT2D eigenvalue weighted by molar-refractivity contribution is 0.597. The molecule has 2 rings (SSSR count). The summed E-state index contributed by atoms with van der Waals surface area (Å²) in [6, 6.07) is 6.56. The maximum atomic E-state index is 11.3. The summed E-state index contributed by atoms with van der Waals surface area (Å²) in [7, 11) is -3.69. The molecule has 0 fully saturated rings. The van der Waals surface area contributed by atoms with Crippen molar-refractivity contribution < 1.29 is 8.42 Å². The van der Waals surface area contributed by atoms with Crippen molar-refractivity contribution in [3.63, 3.8) is 0 Å². The van der Waals surface area contributed by atoms with Gasteiger partial charge in [-0.2, -0.15) is 0 Å². The number of halogens is 1. The normalized spacial score (nSPS) is 14.4. The van der Waals surface area contributed by atoms with Crippen molar-refractivity contribution in [1.82, 2.24) is 5.43 Å². The van der Waals surface area contributed by atoms with Crippen molar-refractivity contribution in [2.45, 2.75) is 4.90 Å². The summed E-state index contributed by atoms with van der Waals surface area (Å²) in [5.74, 6) is 0. The number of nitrogens with zero attached hydrogens (tertiary/aromatic N) is 1. The molecular weight excluding hydrogens is 270 g/mol. The molecule has 16 heavy (non-hydrogen) atoms. The quantitative estimate of drug-likeness (QED) is 0.796. The molecule has 8 heteroatoms. The van der Waals surface area contributed by atoms with Gasteiger partial charge in [0.25, 0.3) is 0 Å². The molecule has 5 nitrogen and oxygen atoms in total. The van der Waals surface area contributed by atoms with E-state index < -0.39 is 10.0 Å². The van der Waals surface area contributed by atoms with Gasteiger partial charge in [0.2, 0.25) is 10.0 Å². The van der Waals surface area contributed by atoms with E-state index in [0.717, 1.165) is 0 Å². The molecule has 1 aliphatic heterocycles. The summed E-state index contributed by atoms with van der Waals surface area (Å²) in [4.78, 5) is 0.105. The molecule has 1 heterocycles. The molecule has 0 unspecified atom stereocenters. The van der Waals surface area contributed by atoms with E-state index in [-0.39, 0.29) is 17.3 Å². The van der Waals surface area contributed by atoms with E-state index in [9.17, 15) is 8.42 Å². The van der Waals surface area contributed by atoms with Crippen LogP contribution >= 0.6 is 24.4 Å². The molecular formula is C8H10ClN3O2S2. The zero-order valence-corrected chi connectivity index (χ0v) is 10.5. The van der Waals surface area contributed by atoms with Gasteiger partial charge in [0.15, 0.2) is 0 Å². The first kappa shape index (κ1) is 13.2. The fourth-order valence-corrected chi connectivity index (χ4v) is 2.63. The SMILES string of the molecule is Cl.NS(=O)(=O)c1ccccc1N1NC=CS1. The van der Waals surface area contributed by atoms with Crippen molar-refractivity contribution in [3.8, 4) is 0 Å². The second kappa shape index (κ2) is 4.96. The van der Waals surface area contributed by atoms with Crippen LogP contribution in [-0.4, -0.2) is 8.42 Å². The van der Waals surface area contributed by atoms with Crippen LogP contribution in [0.1, 0.15) is 0 Å². The number of hydrogen-bond acceptors (Lipinski definition) is 5. The van der Waals surface area contributed by atoms with Gasteiger partial charge in [0.1, 0.15) is 4.90 Å². The van der Waals surface area contributed by atoms with Crippen molar-refractivity contribution >= 4 is 40.1 Å². The number of rotatable bonds is 2. The lowest BCUT2D eigenvalue weighted by Crippen LogP contribution is -2.25. The molecule has 0 radical (unpaired) electrons. The van der Waals surface area contributed by atoms with Gasteiger partial charge < -0.3 is 0 Å². The van der Waals surface area contributed by atoms with Gasteiger partial charge in [-0.25, -0.2) is 18.0 Å². The van der Waals surface area contributed by atoms with E-state index in [4.69, 9.17) is 5.14 Å². The van der Waals surface area contributed by atoms with Crippen molar-refractivity contribution in [2.24, 2.45) is 5.14 Å². The Balaban J connectivity index is 0.00000128. The second-order valence-corrected chi connectivity index (χ2v) is 5.22. The molecule has 0 saturated heterocycles. The summed E-state index contributed by atoms with van der Waals surface area (Å²) < 4.78 is 24.2. The van der Waals surface area contributed by atoms with Gasteiger partial charge in [-0.05, 0) is 12.1 Å². The first-order chi connectivity index (χ1) is 7.09. The molecule has 0 saturated carbocycles. The zero-order valence-electron chi connectivity index (χ0n) is 8.03. The van der Waals surface area contributed by atoms with Crippen molar-refractivity contribution in [1.29, 1.82) is 0 Å². The maximum Gasteiger partial charge on any atom is 0.240 e. The van der Waals surface area contributed by atoms with E-state index in [1.807, 2.05) is 0 Å². The minimum Gasteiger partial charge on any atom is -0.295 e. The summed E-state index contributed by atoms with van der Waals surface area (Å²) in [6.45, 7) is 0. The Kier molecular flexibility index (Phi) is 4.09. The first-order valence-corrected chi connectivity index (χ1v) is 6.47. The third-order valence-electron chi connectivity index (χ3n) is 1.82. The fraction of sp³-hybridized carbons (Fsp3) is 0. The molecule has 0 aliphatic carbocycles. The first-order valence-electron chi connectivity index (χ1n) is 4.09. The lowest BCUT2D eigenvalue weighted by atomic mass is 10.3. The average Bonchev–Trinajstić information content (AvgIpc) is 2.69. The minimum atomic E-state index is -3.69. The molecule has 1 aliphatic rings. The van der Waals surface area contributed by atoms with E-state index >= 15 is 0 Å². The second-order valence-electron chi connectivity index (χ2n) is 2.84. The van der Waals surface area contributed by atoms with Crippen molar-refractivity contribution in [2.75, 3.05) is 4.41 Å². The number of benzene rings is 1. The van der Waals surface area contributed by atoms with Gasteiger partial charge in [-0.3, -0.25) is 5.43 Å². The van der Waals surface area contributed by atoms with Crippen LogP contribution in [0.4, 0.5) is 5.69 Å². The van der Waals surface area contributed by atoms with Crippen LogP contribution in [-0.2, 0) is 10.0 Å². The van der Waals surface area contributed by atoms with Gasteiger partial charge in [-0.1, -0.05) is 12.1 Å². The van der Waals surface area contributed by atoms with Gasteiger partial charge in [0.05, 0.1) is 5.69 Å². The Hall–Kier alpha value is -0.890. The molecule has 1 aromatic carbocycles. The van der Waals surface area contributed by atoms with Gasteiger partial charge >= 0.3 is 0 Å². The van der Waals surface area contributed by atoms with Crippen LogP contribution in [0.2, 0.25) is 0 Å². The highest BCUT2D eigenvalue weighted by Crippen LogP contribution is 2.29. The van der Waals surface area contributed by atoms with Crippen LogP contribution in [0.5, 0.6) is 0 Å². The predicted octanol–water partition coefficient (Wildman–Crippen LogP) is 1.20. The number of nitrogens with one attached hydrogen (secondary N) is 1. The third-order valence-corrected chi connectivity index (χ3v) is 3.55. The molecule has 0 atom stereocenters. The van der Waals surface area contributed by atoms with Crippen LogP contribution < -0.4 is 15.0 Å². The van der Waals surface area contributed by atoms with Crippen LogP contribution in [0.25, 0.3) is 0 Å². The number of anilines is 1. The Morgan fingerprint density at radius 1 is 1.31 bits per heavy atom. The Morgan fingerprint density at radius 2 is 2.00 bits per heavy atom. The molecule has 0 amide bonds. The maximum absolute atomic E-state index is 11.3. The highest BCUT2D eigenvalue weighted by Gasteiger charge is 2.19. The van der Waals surface area contributed by atoms with Gasteiger partial charge in [0, 0.05) is 23.6 Å². The smallest absolute Gasteiger partial charge is 0.240 e. The predicted molar refractivity (Wildman–Crippen MR) is 67.4 cm³/mol. The number of primary sulfonamides is 1. The summed E-state index contributed by atoms with van der Waals surface area (Å²) in [5.41, 5.74) is 3.40. The average molecular weight is 280 g/mol. The molecule has 1 aromatic rings. The Labute approximate surface area is 104 Å². The molecule has 0 bridgehead atoms. The number of hydrazine groups is 1. The summed E-state index contributed by atoms with van der Waals surface area (Å²) in [6.07, 6.45) is 1.71. The van der Waals surface area contributed by atoms with E-state index in [0.29, 0.717) is 5.69 Å². The molecule has 0 spiro atoms. The highest BCUT2D eigenvalue weighted by atomic mass is 35.5. The number of nitrogens with two attached hydrogens (primary N) is 1. The van der Waals surface area contributed by atoms with Crippen molar-refractivity contribution in [3.05, 3.63) is 35.9 Å². The van der Waals surface area contributed by atoms with Crippen LogP contribution in [0, 0.1) is 0 Å². The molecule has 88 valence electrons. The summed E-state index contributed by atoms with van der Waals surface area (Å²) in [5, 5.41) is 6.92. The third kappa shape index (κ3) is 2.62. The molecule has 0 aromatic heterocycles. The summed E-state index contributed by atoms with van der Waals surface area (Å²) >= 11 is 1.35. The minimum absolute atomic E-state index is 0. The topological polar surface area (TPSA) is 75.4 Å². The molecule has 3 N–H and O–H groups in total. The monoisotopic (exact) mass is 279 g/mol. The largest absolute Gasteiger partial charge is 0.295 e. The van der Waals surface area contributed by atoms with E-state index in [1.54, 1.807) is 34.2 Å². The van der Waals surface area contributed by atoms with Crippen LogP contribution in [0.15, 0.2) is 40.8 Å². The lowest BCUT2D eigenvalue weighted by Gasteiger charge is -2.18. The van der Waals surface area contributed by atoms with E-state index in [1.165, 1.54) is 18.0 Å². The highest BCUT2D eigenvalue weighted by molar-refractivity contribution is 8.03.